The fraction of sp³-hybridized carbons (Fsp3) is 0.0989. The van der Waals surface area contributed by atoms with Crippen LogP contribution in [-0.4, -0.2) is 125 Å². The van der Waals surface area contributed by atoms with Gasteiger partial charge in [-0.2, -0.15) is 0 Å². The number of thioether (sulfide) groups is 1. The molecule has 9 heterocycles. The molecular formula is C91H79Br3N20O7S. The number of nitrogens with zero attached hydrogens (tertiary/aromatic N) is 11. The van der Waals surface area contributed by atoms with E-state index >= 15 is 0 Å². The number of Topliss-reactive ketones (excluding diaryl/α,β-unsaturated/α-hetero) is 1. The molecule has 0 saturated heterocycles. The van der Waals surface area contributed by atoms with Crippen LogP contribution >= 0.6 is 59.6 Å². The number of para-hydroxylation sites is 2. The van der Waals surface area contributed by atoms with Crippen molar-refractivity contribution < 1.29 is 33.8 Å². The number of hydrogen-bond acceptors (Lipinski definition) is 26. The molecular weight excluding hydrogens is 1760 g/mol. The molecule has 0 fully saturated rings. The molecule has 1 atom stereocenters. The molecule has 18 rings (SSSR count). The standard InChI is InChI=1S/C20H15N3O2.C16H16BrN5O.C16H14N2O2.C14H11BrN4.C13H10BrN5.C12H13NO2S/c24-19-15-11-17(21-13-7-3-1-4-8-13)18(12-16(15)20(25)23-19)22-14-9-5-2-6-10-14;1-22(5-6-23)15-8-14-13(9-18-15)16(20-10-19-14)21-12-4-2-3-11(17)7-12;1-19-13-8-15-14(16(9-13)20-2)7-12(10-18-15)11-3-5-17-6-4-11;15-9-2-1-3-11(6-9)19-14-12-5-4-10(16)7-13(12)17-8-18-14;14-8-2-1-3-9(4-8)19-13-10-6-16-12(15)5-11(10)17-7-18-13;1-2-11(14)13-9-7-16-10-6-4-3-5-8(10)12(9)15/h1-12,21-22H,(H,23,24,25);2-4,7-10,23H,5-6H2,1H3,(H,19,20,21);3-10H,1-2H3;1-8H,16H2,(H,17,18,19);1-7H,(H2,15,16)(H,17,18,19);3-6,9H,2,7H2,1H3,(H,13,14). The first-order valence-corrected chi connectivity index (χ1v) is 41.2. The number of nitrogens with two attached hydrogens (primary N) is 2. The zero-order chi connectivity index (χ0) is 85.4. The van der Waals surface area contributed by atoms with Crippen molar-refractivity contribution in [3.05, 3.63) is 311 Å². The Hall–Kier alpha value is -14.1. The number of rotatable bonds is 18. The molecule has 2 aliphatic heterocycles. The Morgan fingerprint density at radius 3 is 1.56 bits per heavy atom. The summed E-state index contributed by atoms with van der Waals surface area (Å²) in [5.41, 5.74) is 25.0. The number of anilines is 13. The lowest BCUT2D eigenvalue weighted by molar-refractivity contribution is -0.121. The van der Waals surface area contributed by atoms with E-state index in [4.69, 9.17) is 26.0 Å². The summed E-state index contributed by atoms with van der Waals surface area (Å²) in [7, 11) is 5.16. The number of hydrogen-bond donors (Lipinski definition) is 10. The van der Waals surface area contributed by atoms with Gasteiger partial charge in [0.05, 0.1) is 76.2 Å². The number of nitrogens with one attached hydrogen (secondary N) is 7. The number of amides is 3. The molecule has 0 spiro atoms. The molecule has 16 aromatic rings. The SMILES string of the molecule is CCC(=O)NC1CSc2ccccc2C1=O.CN(CCO)c1cc2ncnc(Nc3cccc(Br)c3)c2cn1.COc1cc(OC)c2cc(-c3ccncc3)cnc2c1.Nc1cc2ncnc(Nc3cccc(Br)c3)c2cn1.Nc1ccc2c(Nc3cccc(Br)c3)ncnc2c1.O=C1NC(=O)c2cc(Nc3ccccc3)c(Nc3ccccc3)cc21. The molecule has 612 valence electrons. The third-order valence-corrected chi connectivity index (χ3v) is 21.2. The Labute approximate surface area is 730 Å². The molecule has 7 aromatic heterocycles. The van der Waals surface area contributed by atoms with E-state index in [9.17, 15) is 19.2 Å². The van der Waals surface area contributed by atoms with Crippen molar-refractivity contribution in [2.45, 2.75) is 24.3 Å². The van der Waals surface area contributed by atoms with Gasteiger partial charge in [0.2, 0.25) is 5.91 Å². The number of methoxy groups -OCH3 is 2. The van der Waals surface area contributed by atoms with E-state index in [1.807, 2.05) is 224 Å². The summed E-state index contributed by atoms with van der Waals surface area (Å²) in [6.45, 7) is 2.38. The summed E-state index contributed by atoms with van der Waals surface area (Å²) in [6, 6.07) is 72.5. The Morgan fingerprint density at radius 2 is 1.02 bits per heavy atom. The van der Waals surface area contributed by atoms with Gasteiger partial charge in [-0.05, 0) is 139 Å². The summed E-state index contributed by atoms with van der Waals surface area (Å²) in [5.74, 6) is 4.70. The van der Waals surface area contributed by atoms with Crippen LogP contribution in [0.2, 0.25) is 0 Å². The molecule has 0 saturated carbocycles. The van der Waals surface area contributed by atoms with Crippen LogP contribution < -0.4 is 63.1 Å². The fourth-order valence-electron chi connectivity index (χ4n) is 12.4. The van der Waals surface area contributed by atoms with Crippen LogP contribution in [0.3, 0.4) is 0 Å². The summed E-state index contributed by atoms with van der Waals surface area (Å²) < 4.78 is 13.7. The smallest absolute Gasteiger partial charge is 0.259 e. The highest BCUT2D eigenvalue weighted by Crippen LogP contribution is 2.37. The van der Waals surface area contributed by atoms with Crippen LogP contribution in [0.5, 0.6) is 11.5 Å². The van der Waals surface area contributed by atoms with E-state index in [2.05, 4.69) is 141 Å². The summed E-state index contributed by atoms with van der Waals surface area (Å²) >= 11 is 12.0. The second-order valence-corrected chi connectivity index (χ2v) is 30.7. The molecule has 122 heavy (non-hydrogen) atoms. The maximum Gasteiger partial charge on any atom is 0.259 e. The first-order chi connectivity index (χ1) is 59.3. The van der Waals surface area contributed by atoms with Gasteiger partial charge in [-0.1, -0.05) is 128 Å². The third kappa shape index (κ3) is 22.6. The number of aliphatic hydroxyl groups excluding tert-OH is 1. The topological polar surface area (TPSA) is 375 Å². The number of halogens is 3. The summed E-state index contributed by atoms with van der Waals surface area (Å²) in [4.78, 5) is 92.7. The number of ether oxygens (including phenoxy) is 2. The molecule has 9 aromatic carbocycles. The number of carbonyl (C=O) groups is 4. The highest BCUT2D eigenvalue weighted by Gasteiger charge is 2.30. The third-order valence-electron chi connectivity index (χ3n) is 18.5. The molecule has 0 aliphatic carbocycles. The van der Waals surface area contributed by atoms with Crippen molar-refractivity contribution in [1.29, 1.82) is 0 Å². The Bertz CT molecular complexity index is 6210. The normalized spacial score (nSPS) is 12.1. The maximum atomic E-state index is 12.0. The largest absolute Gasteiger partial charge is 0.497 e. The minimum Gasteiger partial charge on any atom is -0.497 e. The lowest BCUT2D eigenvalue weighted by atomic mass is 10.0. The molecule has 31 heteroatoms. The highest BCUT2D eigenvalue weighted by atomic mass is 79.9. The molecule has 1 unspecified atom stereocenters. The fourth-order valence-corrected chi connectivity index (χ4v) is 14.7. The quantitative estimate of drug-likeness (QED) is 0.0282. The number of ketones is 1. The predicted octanol–water partition coefficient (Wildman–Crippen LogP) is 19.0. The molecule has 2 aliphatic rings. The first kappa shape index (κ1) is 85.8. The van der Waals surface area contributed by atoms with Crippen LogP contribution in [0.25, 0.3) is 54.7 Å². The predicted molar refractivity (Wildman–Crippen MR) is 495 cm³/mol. The average molecular weight is 1840 g/mol. The minimum absolute atomic E-state index is 0.0242. The van der Waals surface area contributed by atoms with Gasteiger partial charge in [0.15, 0.2) is 5.78 Å². The van der Waals surface area contributed by atoms with Gasteiger partial charge in [0.1, 0.15) is 65.6 Å². The molecule has 27 nitrogen and oxygen atoms in total. The Kier molecular flexibility index (Phi) is 29.2. The zero-order valence-corrected chi connectivity index (χ0v) is 71.6. The summed E-state index contributed by atoms with van der Waals surface area (Å²) in [5, 5.41) is 34.1. The van der Waals surface area contributed by atoms with Crippen LogP contribution in [-0.2, 0) is 4.79 Å². The van der Waals surface area contributed by atoms with Gasteiger partial charge in [-0.25, -0.2) is 39.9 Å². The monoisotopic (exact) mass is 1830 g/mol. The van der Waals surface area contributed by atoms with E-state index in [1.54, 1.807) is 75.9 Å². The van der Waals surface area contributed by atoms with Gasteiger partial charge >= 0.3 is 0 Å². The number of carbonyl (C=O) groups excluding carboxylic acids is 4. The number of aromatic nitrogens is 10. The maximum absolute atomic E-state index is 12.0. The van der Waals surface area contributed by atoms with E-state index < -0.39 is 0 Å². The van der Waals surface area contributed by atoms with E-state index in [0.29, 0.717) is 53.0 Å². The van der Waals surface area contributed by atoms with Crippen LogP contribution in [0.1, 0.15) is 44.4 Å². The second kappa shape index (κ2) is 41.5. The first-order valence-electron chi connectivity index (χ1n) is 37.9. The summed E-state index contributed by atoms with van der Waals surface area (Å²) in [6.07, 6.45) is 13.8. The Morgan fingerprint density at radius 1 is 0.500 bits per heavy atom. The second-order valence-electron chi connectivity index (χ2n) is 26.9. The lowest BCUT2D eigenvalue weighted by Gasteiger charge is -2.23. The van der Waals surface area contributed by atoms with Crippen molar-refractivity contribution in [3.8, 4) is 22.6 Å². The number of nitrogen functional groups attached to an aromatic ring is 2. The van der Waals surface area contributed by atoms with Gasteiger partial charge in [0, 0.05) is 155 Å². The van der Waals surface area contributed by atoms with E-state index in [0.717, 1.165) is 142 Å². The van der Waals surface area contributed by atoms with E-state index in [-0.39, 0.29) is 36.2 Å². The van der Waals surface area contributed by atoms with Crippen LogP contribution in [0.15, 0.2) is 299 Å². The van der Waals surface area contributed by atoms with Crippen molar-refractivity contribution in [2.75, 3.05) is 83.1 Å². The number of likely N-dealkylation sites (N-methyl/N-ethyl adjacent to an activating group) is 1. The minimum atomic E-state index is -0.373. The molecule has 0 radical (unpaired) electrons. The average Bonchev–Trinajstić information content (AvgIpc) is 0.839. The molecule has 0 bridgehead atoms. The Balaban J connectivity index is 0.000000127. The number of pyridine rings is 4. The van der Waals surface area contributed by atoms with E-state index in [1.165, 1.54) is 19.0 Å². The van der Waals surface area contributed by atoms with Gasteiger partial charge < -0.3 is 62.8 Å². The highest BCUT2D eigenvalue weighted by molar-refractivity contribution is 9.11. The molecule has 3 amide bonds. The van der Waals surface area contributed by atoms with Crippen LogP contribution in [0.4, 0.5) is 74.6 Å². The van der Waals surface area contributed by atoms with Crippen molar-refractivity contribution in [2.24, 2.45) is 0 Å². The van der Waals surface area contributed by atoms with Crippen molar-refractivity contribution in [3.63, 3.8) is 0 Å². The van der Waals surface area contributed by atoms with Gasteiger partial charge in [0.25, 0.3) is 11.8 Å². The number of benzene rings is 9. The number of fused-ring (bicyclic) bond motifs is 6. The zero-order valence-electron chi connectivity index (χ0n) is 66.0. The van der Waals surface area contributed by atoms with Crippen LogP contribution in [0, 0.1) is 0 Å². The van der Waals surface area contributed by atoms with Crippen molar-refractivity contribution in [1.82, 2.24) is 60.5 Å². The van der Waals surface area contributed by atoms with Gasteiger partial charge in [-0.3, -0.25) is 34.5 Å². The van der Waals surface area contributed by atoms with Crippen molar-refractivity contribution >= 4 is 201 Å². The number of aliphatic hydroxyl groups is 1. The number of imide groups is 1. The molecule has 12 N–H and O–H groups in total. The lowest BCUT2D eigenvalue weighted by Crippen LogP contribution is -2.44. The van der Waals surface area contributed by atoms with Gasteiger partial charge in [-0.15, -0.1) is 11.8 Å².